The second-order valence-electron chi connectivity index (χ2n) is 7.38. The first-order valence-corrected chi connectivity index (χ1v) is 9.83. The number of hydrogen-bond donors (Lipinski definition) is 0. The average Bonchev–Trinajstić information content (AvgIpc) is 3.03. The minimum absolute atomic E-state index is 0.152. The number of nitrogens with zero attached hydrogens (tertiary/aromatic N) is 4. The van der Waals surface area contributed by atoms with Gasteiger partial charge < -0.3 is 4.42 Å². The third-order valence-electron chi connectivity index (χ3n) is 3.81. The Balaban J connectivity index is 1.78. The molecule has 0 saturated carbocycles. The third kappa shape index (κ3) is 4.42. The number of halogens is 1. The second kappa shape index (κ2) is 7.48. The van der Waals surface area contributed by atoms with E-state index in [1.807, 2.05) is 46.8 Å². The Kier molecular flexibility index (Phi) is 5.44. The quantitative estimate of drug-likeness (QED) is 0.591. The minimum atomic E-state index is -0.433. The largest absolute Gasteiger partial charge is 0.420 e. The van der Waals surface area contributed by atoms with E-state index in [1.165, 1.54) is 16.4 Å². The predicted molar refractivity (Wildman–Crippen MR) is 107 cm³/mol. The van der Waals surface area contributed by atoms with Gasteiger partial charge in [0.1, 0.15) is 5.02 Å². The summed E-state index contributed by atoms with van der Waals surface area (Å²) in [6.45, 7) is 9.75. The Morgan fingerprint density at radius 3 is 2.44 bits per heavy atom. The van der Waals surface area contributed by atoms with Crippen LogP contribution < -0.4 is 5.56 Å². The van der Waals surface area contributed by atoms with Crippen molar-refractivity contribution in [3.05, 3.63) is 56.8 Å². The normalized spacial score (nSPS) is 11.8. The van der Waals surface area contributed by atoms with Crippen molar-refractivity contribution >= 4 is 23.4 Å². The molecule has 2 heterocycles. The molecular formula is C19H21ClN4O2S. The van der Waals surface area contributed by atoms with Crippen molar-refractivity contribution in [1.82, 2.24) is 20.0 Å². The van der Waals surface area contributed by atoms with Crippen LogP contribution in [-0.4, -0.2) is 20.0 Å². The standard InChI is InChI=1S/C19H21ClN4O2S/c1-11-6-12(2)8-13(7-11)17-23-22-15(26-17)10-27-14-9-21-24(19(3,4)5)18(25)16(14)20/h6-9H,10H2,1-5H3. The molecule has 0 aliphatic carbocycles. The average molecular weight is 405 g/mol. The summed E-state index contributed by atoms with van der Waals surface area (Å²) in [5, 5.41) is 12.6. The van der Waals surface area contributed by atoms with Crippen molar-refractivity contribution in [2.45, 2.75) is 50.8 Å². The van der Waals surface area contributed by atoms with Crippen molar-refractivity contribution in [3.63, 3.8) is 0 Å². The van der Waals surface area contributed by atoms with Gasteiger partial charge in [-0.25, -0.2) is 4.68 Å². The van der Waals surface area contributed by atoms with E-state index in [0.29, 0.717) is 22.4 Å². The third-order valence-corrected chi connectivity index (χ3v) is 5.30. The molecule has 8 heteroatoms. The molecule has 0 aliphatic heterocycles. The summed E-state index contributed by atoms with van der Waals surface area (Å²) >= 11 is 7.59. The Morgan fingerprint density at radius 2 is 1.81 bits per heavy atom. The zero-order valence-corrected chi connectivity index (χ0v) is 17.5. The van der Waals surface area contributed by atoms with Crippen LogP contribution >= 0.6 is 23.4 Å². The van der Waals surface area contributed by atoms with Gasteiger partial charge in [0, 0.05) is 5.56 Å². The molecule has 3 aromatic rings. The van der Waals surface area contributed by atoms with Crippen LogP contribution in [0.25, 0.3) is 11.5 Å². The molecule has 1 aromatic carbocycles. The summed E-state index contributed by atoms with van der Waals surface area (Å²) < 4.78 is 7.14. The van der Waals surface area contributed by atoms with Crippen molar-refractivity contribution in [2.24, 2.45) is 0 Å². The number of aromatic nitrogens is 4. The number of hydrogen-bond acceptors (Lipinski definition) is 6. The lowest BCUT2D eigenvalue weighted by Gasteiger charge is -2.20. The van der Waals surface area contributed by atoms with E-state index in [0.717, 1.165) is 16.7 Å². The molecule has 0 N–H and O–H groups in total. The van der Waals surface area contributed by atoms with Gasteiger partial charge in [-0.05, 0) is 46.8 Å². The Bertz CT molecular complexity index is 1020. The van der Waals surface area contributed by atoms with Crippen molar-refractivity contribution in [1.29, 1.82) is 0 Å². The molecule has 0 spiro atoms. The maximum Gasteiger partial charge on any atom is 0.287 e. The summed E-state index contributed by atoms with van der Waals surface area (Å²) in [4.78, 5) is 13.0. The van der Waals surface area contributed by atoms with E-state index in [4.69, 9.17) is 16.0 Å². The van der Waals surface area contributed by atoms with Crippen LogP contribution in [0.3, 0.4) is 0 Å². The van der Waals surface area contributed by atoms with E-state index in [1.54, 1.807) is 6.20 Å². The molecule has 2 aromatic heterocycles. The highest BCUT2D eigenvalue weighted by Crippen LogP contribution is 2.28. The summed E-state index contributed by atoms with van der Waals surface area (Å²) in [5.41, 5.74) is 2.42. The van der Waals surface area contributed by atoms with E-state index in [-0.39, 0.29) is 10.6 Å². The first-order valence-electron chi connectivity index (χ1n) is 8.47. The van der Waals surface area contributed by atoms with E-state index in [9.17, 15) is 4.79 Å². The molecule has 0 aliphatic rings. The lowest BCUT2D eigenvalue weighted by molar-refractivity contribution is 0.336. The molecule has 0 atom stereocenters. The van der Waals surface area contributed by atoms with Crippen LogP contribution in [0.4, 0.5) is 0 Å². The molecule has 0 fully saturated rings. The van der Waals surface area contributed by atoms with Crippen LogP contribution in [0.5, 0.6) is 0 Å². The molecular weight excluding hydrogens is 384 g/mol. The van der Waals surface area contributed by atoms with Crippen molar-refractivity contribution in [2.75, 3.05) is 0 Å². The van der Waals surface area contributed by atoms with Gasteiger partial charge in [0.25, 0.3) is 5.56 Å². The summed E-state index contributed by atoms with van der Waals surface area (Å²) in [7, 11) is 0. The van der Waals surface area contributed by atoms with Gasteiger partial charge in [-0.1, -0.05) is 28.8 Å². The summed E-state index contributed by atoms with van der Waals surface area (Å²) in [5.74, 6) is 1.34. The van der Waals surface area contributed by atoms with Crippen molar-refractivity contribution in [3.8, 4) is 11.5 Å². The molecule has 0 amide bonds. The Morgan fingerprint density at radius 1 is 1.15 bits per heavy atom. The number of benzene rings is 1. The van der Waals surface area contributed by atoms with E-state index >= 15 is 0 Å². The van der Waals surface area contributed by atoms with Crippen LogP contribution in [0.1, 0.15) is 37.8 Å². The van der Waals surface area contributed by atoms with Gasteiger partial charge in [-0.15, -0.1) is 22.0 Å². The molecule has 6 nitrogen and oxygen atoms in total. The van der Waals surface area contributed by atoms with Crippen molar-refractivity contribution < 1.29 is 4.42 Å². The fraction of sp³-hybridized carbons (Fsp3) is 0.368. The fourth-order valence-corrected chi connectivity index (χ4v) is 3.69. The molecule has 0 unspecified atom stereocenters. The van der Waals surface area contributed by atoms with E-state index in [2.05, 4.69) is 21.4 Å². The first-order chi connectivity index (χ1) is 12.6. The zero-order valence-electron chi connectivity index (χ0n) is 15.9. The monoisotopic (exact) mass is 404 g/mol. The van der Waals surface area contributed by atoms with Crippen LogP contribution in [0, 0.1) is 13.8 Å². The maximum absolute atomic E-state index is 12.4. The van der Waals surface area contributed by atoms with Gasteiger partial charge in [0.2, 0.25) is 11.8 Å². The minimum Gasteiger partial charge on any atom is -0.420 e. The van der Waals surface area contributed by atoms with Gasteiger partial charge in [0.15, 0.2) is 0 Å². The van der Waals surface area contributed by atoms with Gasteiger partial charge in [0.05, 0.1) is 22.4 Å². The highest BCUT2D eigenvalue weighted by atomic mass is 35.5. The topological polar surface area (TPSA) is 73.8 Å². The van der Waals surface area contributed by atoms with Gasteiger partial charge in [-0.3, -0.25) is 4.79 Å². The number of thioether (sulfide) groups is 1. The van der Waals surface area contributed by atoms with Gasteiger partial charge in [-0.2, -0.15) is 5.10 Å². The Labute approximate surface area is 167 Å². The number of rotatable bonds is 4. The molecule has 142 valence electrons. The smallest absolute Gasteiger partial charge is 0.287 e. The Hall–Kier alpha value is -2.12. The van der Waals surface area contributed by atoms with Crippen LogP contribution in [-0.2, 0) is 11.3 Å². The van der Waals surface area contributed by atoms with Crippen LogP contribution in [0.15, 0.2) is 38.5 Å². The number of aryl methyl sites for hydroxylation is 2. The zero-order chi connectivity index (χ0) is 19.8. The predicted octanol–water partition coefficient (Wildman–Crippen LogP) is 4.61. The maximum atomic E-state index is 12.4. The molecule has 0 bridgehead atoms. The highest BCUT2D eigenvalue weighted by Gasteiger charge is 2.20. The van der Waals surface area contributed by atoms with Gasteiger partial charge >= 0.3 is 0 Å². The van der Waals surface area contributed by atoms with E-state index < -0.39 is 5.54 Å². The molecule has 0 radical (unpaired) electrons. The lowest BCUT2D eigenvalue weighted by Crippen LogP contribution is -2.36. The molecule has 0 saturated heterocycles. The fourth-order valence-electron chi connectivity index (χ4n) is 2.66. The second-order valence-corrected chi connectivity index (χ2v) is 8.77. The SMILES string of the molecule is Cc1cc(C)cc(-c2nnc(CSc3cnn(C(C)(C)C)c(=O)c3Cl)o2)c1. The van der Waals surface area contributed by atoms with Crippen LogP contribution in [0.2, 0.25) is 5.02 Å². The molecule has 3 rings (SSSR count). The summed E-state index contributed by atoms with van der Waals surface area (Å²) in [6.07, 6.45) is 1.60. The first kappa shape index (κ1) is 19.6. The summed E-state index contributed by atoms with van der Waals surface area (Å²) in [6, 6.07) is 6.10. The highest BCUT2D eigenvalue weighted by molar-refractivity contribution is 7.98. The lowest BCUT2D eigenvalue weighted by atomic mass is 10.1. The molecule has 27 heavy (non-hydrogen) atoms.